The molecule has 8 atom stereocenters. The maximum atomic E-state index is 10.1. The molecule has 4 aliphatic carbocycles. The Kier molecular flexibility index (Phi) is 3.66. The van der Waals surface area contributed by atoms with Gasteiger partial charge in [-0.3, -0.25) is 0 Å². The molecule has 4 saturated carbocycles. The molecule has 0 heterocycles. The average molecular weight is 307 g/mol. The van der Waals surface area contributed by atoms with Gasteiger partial charge in [0.1, 0.15) is 0 Å². The van der Waals surface area contributed by atoms with Crippen molar-refractivity contribution < 1.29 is 10.4 Å². The number of fused-ring (bicyclic) bond motifs is 5. The molecule has 0 unspecified atom stereocenters. The molecule has 4 fully saturated rings. The predicted octanol–water partition coefficient (Wildman–Crippen LogP) is 2.95. The fraction of sp³-hybridized carbons (Fsp3) is 1.00. The molecule has 0 amide bonds. The van der Waals surface area contributed by atoms with Crippen LogP contribution in [0.1, 0.15) is 71.6 Å². The van der Waals surface area contributed by atoms with Gasteiger partial charge in [0.05, 0.1) is 19.2 Å². The summed E-state index contributed by atoms with van der Waals surface area (Å²) < 4.78 is 0. The van der Waals surface area contributed by atoms with E-state index < -0.39 is 0 Å². The van der Waals surface area contributed by atoms with Crippen molar-refractivity contribution >= 4 is 0 Å². The summed E-state index contributed by atoms with van der Waals surface area (Å²) in [5.41, 5.74) is 1.14. The topological polar surface area (TPSA) is 36.8 Å². The molecule has 126 valence electrons. The van der Waals surface area contributed by atoms with Crippen LogP contribution >= 0.6 is 0 Å². The van der Waals surface area contributed by atoms with E-state index in [1.165, 1.54) is 44.9 Å². The normalized spacial score (nSPS) is 57.8. The van der Waals surface area contributed by atoms with Gasteiger partial charge in [-0.15, -0.1) is 0 Å². The van der Waals surface area contributed by atoms with Gasteiger partial charge in [0.2, 0.25) is 0 Å². The molecule has 22 heavy (non-hydrogen) atoms. The Bertz CT molecular complexity index is 437. The summed E-state index contributed by atoms with van der Waals surface area (Å²) in [5.74, 6) is 3.72. The lowest BCUT2D eigenvalue weighted by Gasteiger charge is -2.60. The predicted molar refractivity (Wildman–Crippen MR) is 89.4 cm³/mol. The van der Waals surface area contributed by atoms with E-state index in [9.17, 15) is 5.11 Å². The zero-order valence-electron chi connectivity index (χ0n) is 14.9. The van der Waals surface area contributed by atoms with Gasteiger partial charge in [-0.1, -0.05) is 13.8 Å². The SMILES string of the molecule is C[NH2+][C@H]1CC[C@H]2[C@@H]3CC[C@H]4C[C@@H](O)CC[C@]4(C)[C@H]3CC[C@]12C. The Hall–Kier alpha value is -0.0800. The lowest BCUT2D eigenvalue weighted by molar-refractivity contribution is -0.676. The van der Waals surface area contributed by atoms with Crippen LogP contribution in [-0.2, 0) is 0 Å². The third kappa shape index (κ3) is 1.99. The molecule has 4 rings (SSSR count). The van der Waals surface area contributed by atoms with E-state index in [1.807, 2.05) is 0 Å². The molecule has 0 radical (unpaired) electrons. The van der Waals surface area contributed by atoms with Gasteiger partial charge >= 0.3 is 0 Å². The Morgan fingerprint density at radius 2 is 1.59 bits per heavy atom. The van der Waals surface area contributed by atoms with Gasteiger partial charge in [-0.2, -0.15) is 0 Å². The van der Waals surface area contributed by atoms with Crippen molar-refractivity contribution in [3.05, 3.63) is 0 Å². The van der Waals surface area contributed by atoms with E-state index >= 15 is 0 Å². The molecule has 0 spiro atoms. The van der Waals surface area contributed by atoms with Gasteiger partial charge < -0.3 is 10.4 Å². The summed E-state index contributed by atoms with van der Waals surface area (Å²) in [6.07, 6.45) is 12.1. The van der Waals surface area contributed by atoms with Crippen LogP contribution in [0.4, 0.5) is 0 Å². The summed E-state index contributed by atoms with van der Waals surface area (Å²) in [7, 11) is 2.30. The lowest BCUT2D eigenvalue weighted by Crippen LogP contribution is -2.89. The van der Waals surface area contributed by atoms with E-state index in [-0.39, 0.29) is 6.10 Å². The van der Waals surface area contributed by atoms with Crippen LogP contribution in [0.2, 0.25) is 0 Å². The summed E-state index contributed by atoms with van der Waals surface area (Å²) >= 11 is 0. The van der Waals surface area contributed by atoms with Crippen LogP contribution in [0, 0.1) is 34.5 Å². The Morgan fingerprint density at radius 1 is 0.864 bits per heavy atom. The highest BCUT2D eigenvalue weighted by Gasteiger charge is 2.60. The first-order chi connectivity index (χ1) is 10.5. The number of quaternary nitrogens is 1. The van der Waals surface area contributed by atoms with Crippen molar-refractivity contribution in [3.63, 3.8) is 0 Å². The minimum Gasteiger partial charge on any atom is -0.393 e. The standard InChI is InChI=1S/C20H35NO/c1-19-10-8-14(22)12-13(19)4-5-15-16-6-7-18(21-3)20(16,2)11-9-17(15)19/h13-18,21-22H,4-12H2,1-3H3/p+1/t13-,14-,15-,16-,17-,18-,19-,20-/m0/s1. The molecule has 0 aliphatic heterocycles. The molecule has 0 aromatic heterocycles. The molecule has 0 saturated heterocycles. The van der Waals surface area contributed by atoms with Crippen molar-refractivity contribution in [1.29, 1.82) is 0 Å². The third-order valence-electron chi connectivity index (χ3n) is 9.11. The first-order valence-electron chi connectivity index (χ1n) is 9.96. The molecule has 0 aromatic rings. The van der Waals surface area contributed by atoms with Crippen molar-refractivity contribution in [2.75, 3.05) is 7.05 Å². The van der Waals surface area contributed by atoms with Crippen LogP contribution in [0.25, 0.3) is 0 Å². The Labute approximate surface area is 136 Å². The second-order valence-electron chi connectivity index (χ2n) is 9.65. The maximum Gasteiger partial charge on any atom is 0.0914 e. The molecule has 2 heteroatoms. The van der Waals surface area contributed by atoms with Crippen molar-refractivity contribution in [2.45, 2.75) is 83.8 Å². The molecule has 3 N–H and O–H groups in total. The highest BCUT2D eigenvalue weighted by molar-refractivity contribution is 5.09. The number of aliphatic hydroxyl groups is 1. The molecule has 0 aromatic carbocycles. The zero-order valence-corrected chi connectivity index (χ0v) is 14.9. The van der Waals surface area contributed by atoms with Crippen molar-refractivity contribution in [3.8, 4) is 0 Å². The molecular weight excluding hydrogens is 270 g/mol. The van der Waals surface area contributed by atoms with Crippen molar-refractivity contribution in [1.82, 2.24) is 0 Å². The molecule has 2 nitrogen and oxygen atoms in total. The van der Waals surface area contributed by atoms with Crippen LogP contribution in [0.3, 0.4) is 0 Å². The number of hydrogen-bond donors (Lipinski definition) is 2. The van der Waals surface area contributed by atoms with Gasteiger partial charge in [-0.05, 0) is 80.5 Å². The summed E-state index contributed by atoms with van der Waals surface area (Å²) in [4.78, 5) is 0. The van der Waals surface area contributed by atoms with E-state index in [0.717, 1.165) is 42.6 Å². The van der Waals surface area contributed by atoms with Gasteiger partial charge in [0.25, 0.3) is 0 Å². The van der Waals surface area contributed by atoms with Crippen LogP contribution in [0.5, 0.6) is 0 Å². The number of rotatable bonds is 1. The summed E-state index contributed by atoms with van der Waals surface area (Å²) in [5, 5.41) is 12.6. The Morgan fingerprint density at radius 3 is 2.36 bits per heavy atom. The lowest BCUT2D eigenvalue weighted by atomic mass is 9.45. The second kappa shape index (κ2) is 5.21. The Balaban J connectivity index is 1.61. The van der Waals surface area contributed by atoms with Gasteiger partial charge in [0.15, 0.2) is 0 Å². The molecular formula is C20H36NO+. The van der Waals surface area contributed by atoms with Gasteiger partial charge in [0, 0.05) is 11.8 Å². The maximum absolute atomic E-state index is 10.1. The van der Waals surface area contributed by atoms with E-state index in [2.05, 4.69) is 26.2 Å². The summed E-state index contributed by atoms with van der Waals surface area (Å²) in [6.45, 7) is 5.21. The quantitative estimate of drug-likeness (QED) is 0.768. The minimum absolute atomic E-state index is 0.00552. The minimum atomic E-state index is -0.00552. The highest BCUT2D eigenvalue weighted by atomic mass is 16.3. The zero-order chi connectivity index (χ0) is 15.5. The van der Waals surface area contributed by atoms with E-state index in [4.69, 9.17) is 0 Å². The molecule has 4 aliphatic rings. The number of aliphatic hydroxyl groups excluding tert-OH is 1. The van der Waals surface area contributed by atoms with Crippen LogP contribution in [0.15, 0.2) is 0 Å². The van der Waals surface area contributed by atoms with E-state index in [1.54, 1.807) is 0 Å². The monoisotopic (exact) mass is 306 g/mol. The highest BCUT2D eigenvalue weighted by Crippen LogP contribution is 2.65. The van der Waals surface area contributed by atoms with Crippen LogP contribution < -0.4 is 5.32 Å². The third-order valence-corrected chi connectivity index (χ3v) is 9.11. The van der Waals surface area contributed by atoms with Crippen LogP contribution in [-0.4, -0.2) is 24.3 Å². The smallest absolute Gasteiger partial charge is 0.0914 e. The van der Waals surface area contributed by atoms with Gasteiger partial charge in [-0.25, -0.2) is 0 Å². The summed E-state index contributed by atoms with van der Waals surface area (Å²) in [6, 6.07) is 0.872. The first kappa shape index (κ1) is 15.4. The second-order valence-corrected chi connectivity index (χ2v) is 9.65. The first-order valence-corrected chi connectivity index (χ1v) is 9.96. The average Bonchev–Trinajstić information content (AvgIpc) is 2.84. The van der Waals surface area contributed by atoms with E-state index in [0.29, 0.717) is 10.8 Å². The fourth-order valence-electron chi connectivity index (χ4n) is 7.82. The molecule has 0 bridgehead atoms. The van der Waals surface area contributed by atoms with Crippen molar-refractivity contribution in [2.24, 2.45) is 34.5 Å². The fourth-order valence-corrected chi connectivity index (χ4v) is 7.82. The number of hydrogen-bond acceptors (Lipinski definition) is 1. The largest absolute Gasteiger partial charge is 0.393 e. The number of nitrogens with two attached hydrogens (primary N) is 1.